The van der Waals surface area contributed by atoms with Crippen LogP contribution in [0.4, 0.5) is 0 Å². The quantitative estimate of drug-likeness (QED) is 0.722. The molecule has 1 unspecified atom stereocenters. The van der Waals surface area contributed by atoms with Crippen molar-refractivity contribution in [2.75, 3.05) is 6.54 Å². The summed E-state index contributed by atoms with van der Waals surface area (Å²) in [7, 11) is -3.94. The van der Waals surface area contributed by atoms with Gasteiger partial charge in [0.25, 0.3) is 0 Å². The fourth-order valence-corrected chi connectivity index (χ4v) is 5.05. The van der Waals surface area contributed by atoms with Crippen molar-refractivity contribution in [3.05, 3.63) is 27.1 Å². The first-order valence-electron chi connectivity index (χ1n) is 5.54. The van der Waals surface area contributed by atoms with Gasteiger partial charge in [-0.2, -0.15) is 4.31 Å². The van der Waals surface area contributed by atoms with Crippen molar-refractivity contribution in [3.63, 3.8) is 0 Å². The number of hydrogen-bond donors (Lipinski definition) is 1. The number of carbonyl (C=O) groups is 2. The molecule has 0 aliphatic carbocycles. The molecule has 20 heavy (non-hydrogen) atoms. The second kappa shape index (κ2) is 5.55. The number of hydrogen-bond acceptors (Lipinski definition) is 4. The van der Waals surface area contributed by atoms with Crippen LogP contribution in [0.2, 0.25) is 0 Å². The van der Waals surface area contributed by atoms with E-state index in [0.717, 1.165) is 4.31 Å². The van der Waals surface area contributed by atoms with Gasteiger partial charge in [-0.25, -0.2) is 8.42 Å². The number of carbonyl (C=O) groups excluding carboxylic acids is 2. The van der Waals surface area contributed by atoms with Crippen LogP contribution in [0.25, 0.3) is 0 Å². The fraction of sp³-hybridized carbons (Fsp3) is 0.273. The predicted molar refractivity (Wildman–Crippen MR) is 78.3 cm³/mol. The number of benzene rings is 1. The molecule has 1 fully saturated rings. The molecule has 0 radical (unpaired) electrons. The Bertz CT molecular complexity index is 690. The van der Waals surface area contributed by atoms with Gasteiger partial charge in [0, 0.05) is 8.95 Å². The lowest BCUT2D eigenvalue weighted by Gasteiger charge is -2.30. The van der Waals surface area contributed by atoms with Gasteiger partial charge in [0.1, 0.15) is 6.04 Å². The molecule has 2 rings (SSSR count). The van der Waals surface area contributed by atoms with Crippen LogP contribution in [0.5, 0.6) is 0 Å². The van der Waals surface area contributed by atoms with E-state index in [1.807, 2.05) is 0 Å². The summed E-state index contributed by atoms with van der Waals surface area (Å²) >= 11 is 6.41. The number of amides is 2. The van der Waals surface area contributed by atoms with Crippen molar-refractivity contribution in [1.82, 2.24) is 9.62 Å². The zero-order chi connectivity index (χ0) is 15.1. The molecule has 1 aliphatic rings. The summed E-state index contributed by atoms with van der Waals surface area (Å²) in [4.78, 5) is 23.0. The standard InChI is InChI=1S/C11H10Br2N2O4S/c1-6-11(17)14-10(16)5-15(6)20(18,19)9-3-2-7(12)4-8(9)13/h2-4,6H,5H2,1H3,(H,14,16,17). The molecular weight excluding hydrogens is 416 g/mol. The average Bonchev–Trinajstić information content (AvgIpc) is 2.33. The van der Waals surface area contributed by atoms with Crippen LogP contribution in [0.15, 0.2) is 32.0 Å². The largest absolute Gasteiger partial charge is 0.294 e. The van der Waals surface area contributed by atoms with E-state index in [-0.39, 0.29) is 11.4 Å². The molecule has 1 aromatic rings. The highest BCUT2D eigenvalue weighted by atomic mass is 79.9. The van der Waals surface area contributed by atoms with Gasteiger partial charge in [0.05, 0.1) is 11.4 Å². The van der Waals surface area contributed by atoms with E-state index in [0.29, 0.717) is 8.95 Å². The smallest absolute Gasteiger partial charge is 0.245 e. The maximum absolute atomic E-state index is 12.6. The lowest BCUT2D eigenvalue weighted by atomic mass is 10.2. The van der Waals surface area contributed by atoms with E-state index in [4.69, 9.17) is 0 Å². The number of piperazine rings is 1. The lowest BCUT2D eigenvalue weighted by Crippen LogP contribution is -2.58. The highest BCUT2D eigenvalue weighted by molar-refractivity contribution is 9.11. The SMILES string of the molecule is CC1C(=O)NC(=O)CN1S(=O)(=O)c1ccc(Br)cc1Br. The van der Waals surface area contributed by atoms with Crippen molar-refractivity contribution in [1.29, 1.82) is 0 Å². The zero-order valence-corrected chi connectivity index (χ0v) is 14.2. The summed E-state index contributed by atoms with van der Waals surface area (Å²) in [5, 5.41) is 2.10. The van der Waals surface area contributed by atoms with Gasteiger partial charge in [-0.15, -0.1) is 0 Å². The van der Waals surface area contributed by atoms with Gasteiger partial charge >= 0.3 is 0 Å². The van der Waals surface area contributed by atoms with Gasteiger partial charge in [0.2, 0.25) is 21.8 Å². The van der Waals surface area contributed by atoms with Gasteiger partial charge in [-0.3, -0.25) is 14.9 Å². The molecule has 9 heteroatoms. The van der Waals surface area contributed by atoms with Crippen LogP contribution in [0.1, 0.15) is 6.92 Å². The Kier molecular flexibility index (Phi) is 4.33. The van der Waals surface area contributed by atoms with Crippen molar-refractivity contribution in [2.24, 2.45) is 0 Å². The summed E-state index contributed by atoms with van der Waals surface area (Å²) in [5.41, 5.74) is 0. The molecular formula is C11H10Br2N2O4S. The van der Waals surface area contributed by atoms with E-state index < -0.39 is 27.9 Å². The number of nitrogens with zero attached hydrogens (tertiary/aromatic N) is 1. The Balaban J connectivity index is 2.48. The zero-order valence-electron chi connectivity index (χ0n) is 10.3. The van der Waals surface area contributed by atoms with Gasteiger partial charge < -0.3 is 0 Å². The normalized spacial score (nSPS) is 20.9. The molecule has 1 N–H and O–H groups in total. The van der Waals surface area contributed by atoms with E-state index in [1.54, 1.807) is 12.1 Å². The second-order valence-corrected chi connectivity index (χ2v) is 7.84. The first-order valence-corrected chi connectivity index (χ1v) is 8.56. The molecule has 6 nitrogen and oxygen atoms in total. The van der Waals surface area contributed by atoms with Gasteiger partial charge in [-0.05, 0) is 41.1 Å². The first kappa shape index (κ1) is 15.6. The minimum atomic E-state index is -3.94. The fourth-order valence-electron chi connectivity index (χ4n) is 1.79. The van der Waals surface area contributed by atoms with Crippen LogP contribution >= 0.6 is 31.9 Å². The highest BCUT2D eigenvalue weighted by Crippen LogP contribution is 2.29. The number of nitrogens with one attached hydrogen (secondary N) is 1. The summed E-state index contributed by atoms with van der Waals surface area (Å²) < 4.78 is 27.1. The Labute approximate surface area is 132 Å². The van der Waals surface area contributed by atoms with Crippen LogP contribution in [0.3, 0.4) is 0 Å². The molecule has 1 atom stereocenters. The summed E-state index contributed by atoms with van der Waals surface area (Å²) in [6.45, 7) is 1.06. The number of sulfonamides is 1. The van der Waals surface area contributed by atoms with Crippen molar-refractivity contribution >= 4 is 53.7 Å². The first-order chi connectivity index (χ1) is 9.23. The maximum atomic E-state index is 12.6. The van der Waals surface area contributed by atoms with Crippen LogP contribution < -0.4 is 5.32 Å². The maximum Gasteiger partial charge on any atom is 0.245 e. The molecule has 0 saturated carbocycles. The van der Waals surface area contributed by atoms with E-state index in [1.165, 1.54) is 13.0 Å². The Morgan fingerprint density at radius 1 is 1.30 bits per heavy atom. The molecule has 1 saturated heterocycles. The Morgan fingerprint density at radius 2 is 1.95 bits per heavy atom. The average molecular weight is 426 g/mol. The van der Waals surface area contributed by atoms with Gasteiger partial charge in [-0.1, -0.05) is 15.9 Å². The molecule has 1 aromatic carbocycles. The predicted octanol–water partition coefficient (Wildman–Crippen LogP) is 1.25. The van der Waals surface area contributed by atoms with E-state index >= 15 is 0 Å². The van der Waals surface area contributed by atoms with Crippen LogP contribution in [0, 0.1) is 0 Å². The number of rotatable bonds is 2. The summed E-state index contributed by atoms with van der Waals surface area (Å²) in [6.07, 6.45) is 0. The third kappa shape index (κ3) is 2.80. The molecule has 108 valence electrons. The Hall–Kier alpha value is -0.770. The lowest BCUT2D eigenvalue weighted by molar-refractivity contribution is -0.136. The molecule has 0 aromatic heterocycles. The van der Waals surface area contributed by atoms with Gasteiger partial charge in [0.15, 0.2) is 0 Å². The van der Waals surface area contributed by atoms with Crippen molar-refractivity contribution in [2.45, 2.75) is 17.9 Å². The third-order valence-electron chi connectivity index (χ3n) is 2.85. The van der Waals surface area contributed by atoms with E-state index in [9.17, 15) is 18.0 Å². The van der Waals surface area contributed by atoms with E-state index in [2.05, 4.69) is 37.2 Å². The molecule has 2 amide bonds. The number of halogens is 2. The topological polar surface area (TPSA) is 83.6 Å². The van der Waals surface area contributed by atoms with Crippen molar-refractivity contribution < 1.29 is 18.0 Å². The van der Waals surface area contributed by atoms with Crippen LogP contribution in [-0.4, -0.2) is 37.1 Å². The highest BCUT2D eigenvalue weighted by Gasteiger charge is 2.39. The Morgan fingerprint density at radius 3 is 2.55 bits per heavy atom. The summed E-state index contributed by atoms with van der Waals surface area (Å²) in [6, 6.07) is 3.64. The van der Waals surface area contributed by atoms with Crippen molar-refractivity contribution in [3.8, 4) is 0 Å². The molecule has 1 aliphatic heterocycles. The second-order valence-electron chi connectivity index (χ2n) is 4.21. The number of imide groups is 1. The molecule has 0 bridgehead atoms. The minimum Gasteiger partial charge on any atom is -0.294 e. The van der Waals surface area contributed by atoms with Crippen LogP contribution in [-0.2, 0) is 19.6 Å². The monoisotopic (exact) mass is 424 g/mol. The summed E-state index contributed by atoms with van der Waals surface area (Å²) in [5.74, 6) is -1.26. The molecule has 1 heterocycles. The third-order valence-corrected chi connectivity index (χ3v) is 6.24. The minimum absolute atomic E-state index is 0.00931. The molecule has 0 spiro atoms.